The average Bonchev–Trinajstić information content (AvgIpc) is 3.03. The quantitative estimate of drug-likeness (QED) is 0.495. The maximum Gasteiger partial charge on any atom is 0.347 e. The van der Waals surface area contributed by atoms with Crippen LogP contribution in [-0.4, -0.2) is 22.3 Å². The van der Waals surface area contributed by atoms with E-state index in [9.17, 15) is 14.9 Å². The van der Waals surface area contributed by atoms with E-state index in [1.54, 1.807) is 37.4 Å². The Bertz CT molecular complexity index is 1030. The Hall–Kier alpha value is -3.59. The van der Waals surface area contributed by atoms with Gasteiger partial charge in [0.15, 0.2) is 11.9 Å². The molecule has 0 aliphatic rings. The van der Waals surface area contributed by atoms with Crippen LogP contribution in [-0.2, 0) is 16.1 Å². The number of fused-ring (bicyclic) bond motifs is 1. The zero-order valence-electron chi connectivity index (χ0n) is 15.0. The Kier molecular flexibility index (Phi) is 5.23. The number of ether oxygens (including phenoxy) is 2. The van der Waals surface area contributed by atoms with E-state index in [2.05, 4.69) is 6.07 Å². The summed E-state index contributed by atoms with van der Waals surface area (Å²) in [7, 11) is 0. The molecule has 0 amide bonds. The molecule has 2 aromatic heterocycles. The second-order valence-electron chi connectivity index (χ2n) is 6.08. The van der Waals surface area contributed by atoms with Gasteiger partial charge >= 0.3 is 5.97 Å². The normalized spacial score (nSPS) is 11.6. The van der Waals surface area contributed by atoms with Crippen LogP contribution >= 0.6 is 0 Å². The van der Waals surface area contributed by atoms with Crippen LogP contribution in [0.1, 0.15) is 35.3 Å². The topological polar surface area (TPSA) is 80.8 Å². The van der Waals surface area contributed by atoms with E-state index in [0.29, 0.717) is 22.4 Å². The summed E-state index contributed by atoms with van der Waals surface area (Å²) in [6.07, 6.45) is 2.78. The molecule has 3 aromatic rings. The summed E-state index contributed by atoms with van der Waals surface area (Å²) in [5, 5.41) is 9.38. The lowest BCUT2D eigenvalue weighted by Crippen LogP contribution is -2.26. The van der Waals surface area contributed by atoms with Gasteiger partial charge in [-0.05, 0) is 50.2 Å². The van der Waals surface area contributed by atoms with E-state index in [-0.39, 0.29) is 12.4 Å². The summed E-state index contributed by atoms with van der Waals surface area (Å²) in [4.78, 5) is 23.5. The number of aromatic nitrogens is 1. The first-order chi connectivity index (χ1) is 13.0. The number of pyridine rings is 1. The van der Waals surface area contributed by atoms with E-state index in [4.69, 9.17) is 9.47 Å². The van der Waals surface area contributed by atoms with Crippen molar-refractivity contribution in [2.45, 2.75) is 26.6 Å². The summed E-state index contributed by atoms with van der Waals surface area (Å²) in [6.45, 7) is 3.06. The molecule has 6 nitrogen and oxygen atoms in total. The Morgan fingerprint density at radius 3 is 2.59 bits per heavy atom. The molecule has 6 heteroatoms. The van der Waals surface area contributed by atoms with Crippen LogP contribution < -0.4 is 4.74 Å². The predicted octanol–water partition coefficient (Wildman–Crippen LogP) is 3.52. The molecular formula is C21H18N2O4. The van der Waals surface area contributed by atoms with Crippen LogP contribution in [0.5, 0.6) is 5.75 Å². The van der Waals surface area contributed by atoms with Crippen molar-refractivity contribution in [3.05, 3.63) is 71.5 Å². The lowest BCUT2D eigenvalue weighted by molar-refractivity contribution is -0.152. The minimum Gasteiger partial charge on any atom is -0.479 e. The molecular weight excluding hydrogens is 344 g/mol. The SMILES string of the molecule is CC(=O)c1ccc(OC(C)C(=O)OCc2cn3ccccc3c2C#N)cc1. The molecule has 136 valence electrons. The average molecular weight is 362 g/mol. The smallest absolute Gasteiger partial charge is 0.347 e. The lowest BCUT2D eigenvalue weighted by Gasteiger charge is -2.14. The summed E-state index contributed by atoms with van der Waals surface area (Å²) in [5.41, 5.74) is 2.45. The minimum absolute atomic E-state index is 0.0135. The van der Waals surface area contributed by atoms with Crippen LogP contribution in [0.25, 0.3) is 5.52 Å². The highest BCUT2D eigenvalue weighted by Gasteiger charge is 2.18. The fourth-order valence-electron chi connectivity index (χ4n) is 2.70. The molecule has 0 bridgehead atoms. The van der Waals surface area contributed by atoms with Gasteiger partial charge in [0.1, 0.15) is 18.4 Å². The Labute approximate surface area is 156 Å². The number of carbonyl (C=O) groups excluding carboxylic acids is 2. The standard InChI is InChI=1S/C21H18N2O4/c1-14(24)16-6-8-18(9-7-16)27-15(2)21(25)26-13-17-12-23-10-4-3-5-20(23)19(17)11-22/h3-10,12,15H,13H2,1-2H3. The molecule has 0 N–H and O–H groups in total. The van der Waals surface area contributed by atoms with E-state index >= 15 is 0 Å². The molecule has 0 fully saturated rings. The van der Waals surface area contributed by atoms with Crippen molar-refractivity contribution in [3.63, 3.8) is 0 Å². The maximum atomic E-state index is 12.2. The molecule has 0 saturated carbocycles. The summed E-state index contributed by atoms with van der Waals surface area (Å²) in [6, 6.07) is 14.2. The van der Waals surface area contributed by atoms with E-state index in [0.717, 1.165) is 5.52 Å². The fraction of sp³-hybridized carbons (Fsp3) is 0.190. The van der Waals surface area contributed by atoms with Gasteiger partial charge in [0.05, 0.1) is 11.1 Å². The Morgan fingerprint density at radius 1 is 1.19 bits per heavy atom. The molecule has 0 aliphatic heterocycles. The van der Waals surface area contributed by atoms with Crippen LogP contribution in [0.2, 0.25) is 0 Å². The lowest BCUT2D eigenvalue weighted by atomic mass is 10.1. The molecule has 0 saturated heterocycles. The number of Topliss-reactive ketones (excluding diaryl/α,β-unsaturated/α-hetero) is 1. The zero-order chi connectivity index (χ0) is 19.4. The van der Waals surface area contributed by atoms with E-state index in [1.165, 1.54) is 6.92 Å². The largest absolute Gasteiger partial charge is 0.479 e. The van der Waals surface area contributed by atoms with Gasteiger partial charge in [0.25, 0.3) is 0 Å². The van der Waals surface area contributed by atoms with Crippen LogP contribution in [0.3, 0.4) is 0 Å². The van der Waals surface area contributed by atoms with Gasteiger partial charge < -0.3 is 13.9 Å². The second-order valence-corrected chi connectivity index (χ2v) is 6.08. The Balaban J connectivity index is 1.63. The van der Waals surface area contributed by atoms with E-state index < -0.39 is 12.1 Å². The second kappa shape index (κ2) is 7.75. The number of rotatable bonds is 6. The zero-order valence-corrected chi connectivity index (χ0v) is 15.0. The molecule has 0 aliphatic carbocycles. The number of nitriles is 1. The summed E-state index contributed by atoms with van der Waals surface area (Å²) in [5.74, 6) is -0.108. The number of esters is 1. The maximum absolute atomic E-state index is 12.2. The summed E-state index contributed by atoms with van der Waals surface area (Å²) < 4.78 is 12.7. The van der Waals surface area contributed by atoms with Crippen molar-refractivity contribution in [2.24, 2.45) is 0 Å². The van der Waals surface area contributed by atoms with Gasteiger partial charge in [0, 0.05) is 23.5 Å². The van der Waals surface area contributed by atoms with Crippen LogP contribution in [0.4, 0.5) is 0 Å². The number of carbonyl (C=O) groups is 2. The van der Waals surface area contributed by atoms with Crippen molar-refractivity contribution in [1.82, 2.24) is 4.40 Å². The van der Waals surface area contributed by atoms with Crippen molar-refractivity contribution in [2.75, 3.05) is 0 Å². The first-order valence-corrected chi connectivity index (χ1v) is 8.42. The Morgan fingerprint density at radius 2 is 1.93 bits per heavy atom. The van der Waals surface area contributed by atoms with Crippen LogP contribution in [0.15, 0.2) is 54.9 Å². The predicted molar refractivity (Wildman–Crippen MR) is 98.4 cm³/mol. The third-order valence-electron chi connectivity index (χ3n) is 4.15. The molecule has 1 unspecified atom stereocenters. The van der Waals surface area contributed by atoms with Gasteiger partial charge in [0.2, 0.25) is 0 Å². The van der Waals surface area contributed by atoms with Gasteiger partial charge in [-0.1, -0.05) is 6.07 Å². The third-order valence-corrected chi connectivity index (χ3v) is 4.15. The van der Waals surface area contributed by atoms with Gasteiger partial charge in [-0.2, -0.15) is 5.26 Å². The van der Waals surface area contributed by atoms with Gasteiger partial charge in [-0.25, -0.2) is 4.79 Å². The number of nitrogens with zero attached hydrogens (tertiary/aromatic N) is 2. The molecule has 1 atom stereocenters. The van der Waals surface area contributed by atoms with Crippen molar-refractivity contribution < 1.29 is 19.1 Å². The molecule has 27 heavy (non-hydrogen) atoms. The minimum atomic E-state index is -0.823. The molecule has 2 heterocycles. The van der Waals surface area contributed by atoms with Crippen molar-refractivity contribution in [3.8, 4) is 11.8 Å². The highest BCUT2D eigenvalue weighted by Crippen LogP contribution is 2.19. The summed E-state index contributed by atoms with van der Waals surface area (Å²) >= 11 is 0. The van der Waals surface area contributed by atoms with Crippen molar-refractivity contribution in [1.29, 1.82) is 5.26 Å². The number of ketones is 1. The van der Waals surface area contributed by atoms with Gasteiger partial charge in [-0.15, -0.1) is 0 Å². The molecule has 3 rings (SSSR count). The first kappa shape index (κ1) is 18.2. The number of hydrogen-bond donors (Lipinski definition) is 0. The van der Waals surface area contributed by atoms with E-state index in [1.807, 2.05) is 28.8 Å². The third kappa shape index (κ3) is 3.98. The van der Waals surface area contributed by atoms with Gasteiger partial charge in [-0.3, -0.25) is 4.79 Å². The molecule has 0 radical (unpaired) electrons. The molecule has 1 aromatic carbocycles. The highest BCUT2D eigenvalue weighted by molar-refractivity contribution is 5.94. The highest BCUT2D eigenvalue weighted by atomic mass is 16.6. The fourth-order valence-corrected chi connectivity index (χ4v) is 2.70. The first-order valence-electron chi connectivity index (χ1n) is 8.42. The van der Waals surface area contributed by atoms with Crippen molar-refractivity contribution >= 4 is 17.3 Å². The van der Waals surface area contributed by atoms with Crippen LogP contribution in [0, 0.1) is 11.3 Å². The number of benzene rings is 1. The molecule has 0 spiro atoms. The monoisotopic (exact) mass is 362 g/mol. The number of hydrogen-bond acceptors (Lipinski definition) is 5.